The maximum Gasteiger partial charge on any atom is 0.244 e. The lowest BCUT2D eigenvalue weighted by Gasteiger charge is -2.24. The van der Waals surface area contributed by atoms with Gasteiger partial charge in [-0.3, -0.25) is 5.10 Å². The Kier molecular flexibility index (Phi) is 5.38. The number of hydrogen-bond acceptors (Lipinski definition) is 6. The van der Waals surface area contributed by atoms with Gasteiger partial charge in [0.25, 0.3) is 0 Å². The van der Waals surface area contributed by atoms with Crippen LogP contribution in [-0.4, -0.2) is 17.3 Å². The number of allylic oxidation sites excluding steroid dienone is 1. The van der Waals surface area contributed by atoms with E-state index in [0.717, 1.165) is 32.6 Å². The van der Waals surface area contributed by atoms with Crippen molar-refractivity contribution in [3.05, 3.63) is 80.8 Å². The Morgan fingerprint density at radius 1 is 1.30 bits per heavy atom. The minimum Gasteiger partial charge on any atom is -0.496 e. The van der Waals surface area contributed by atoms with E-state index in [1.807, 2.05) is 49.4 Å². The second-order valence-electron chi connectivity index (χ2n) is 6.81. The number of hydrogen-bond donors (Lipinski definition) is 2. The number of aryl methyl sites for hydroxylation is 1. The number of ether oxygens (including phenoxy) is 3. The number of aromatic nitrogens is 2. The van der Waals surface area contributed by atoms with E-state index in [1.165, 1.54) is 0 Å². The Bertz CT molecular complexity index is 1180. The van der Waals surface area contributed by atoms with Gasteiger partial charge >= 0.3 is 0 Å². The molecule has 1 aromatic heterocycles. The summed E-state index contributed by atoms with van der Waals surface area (Å²) in [6.45, 7) is 2.19. The maximum absolute atomic E-state index is 9.74. The Hall–Kier alpha value is -3.44. The van der Waals surface area contributed by atoms with E-state index in [1.54, 1.807) is 7.11 Å². The molecule has 0 bridgehead atoms. The zero-order valence-electron chi connectivity index (χ0n) is 16.4. The molecule has 1 atom stereocenters. The summed E-state index contributed by atoms with van der Waals surface area (Å²) in [4.78, 5) is 0. The minimum atomic E-state index is -0.395. The first kappa shape index (κ1) is 19.9. The summed E-state index contributed by atoms with van der Waals surface area (Å²) in [5.41, 5.74) is 9.69. The summed E-state index contributed by atoms with van der Waals surface area (Å²) < 4.78 is 17.9. The van der Waals surface area contributed by atoms with Gasteiger partial charge in [0.1, 0.15) is 29.7 Å². The van der Waals surface area contributed by atoms with Crippen molar-refractivity contribution in [2.75, 3.05) is 7.11 Å². The molecule has 8 heteroatoms. The lowest BCUT2D eigenvalue weighted by molar-refractivity contribution is 0.296. The molecule has 7 nitrogen and oxygen atoms in total. The molecule has 2 aromatic carbocycles. The average molecular weight is 467 g/mol. The number of nitriles is 1. The predicted molar refractivity (Wildman–Crippen MR) is 114 cm³/mol. The number of nitrogens with two attached hydrogens (primary N) is 1. The first-order chi connectivity index (χ1) is 14.5. The molecule has 0 saturated carbocycles. The third kappa shape index (κ3) is 3.60. The molecule has 0 saturated heterocycles. The first-order valence-electron chi connectivity index (χ1n) is 9.19. The van der Waals surface area contributed by atoms with Crippen molar-refractivity contribution in [3.8, 4) is 23.4 Å². The fraction of sp³-hybridized carbons (Fsp3) is 0.182. The molecule has 0 radical (unpaired) electrons. The quantitative estimate of drug-likeness (QED) is 0.580. The van der Waals surface area contributed by atoms with Gasteiger partial charge in [0.15, 0.2) is 0 Å². The van der Waals surface area contributed by atoms with Crippen molar-refractivity contribution in [2.24, 2.45) is 5.73 Å². The van der Waals surface area contributed by atoms with E-state index in [9.17, 15) is 5.26 Å². The molecule has 3 N–H and O–H groups in total. The summed E-state index contributed by atoms with van der Waals surface area (Å²) in [5, 5.41) is 16.8. The van der Waals surface area contributed by atoms with Gasteiger partial charge in [-0.1, -0.05) is 28.1 Å². The molecule has 1 aliphatic heterocycles. The van der Waals surface area contributed by atoms with Gasteiger partial charge in [-0.05, 0) is 42.8 Å². The van der Waals surface area contributed by atoms with E-state index >= 15 is 0 Å². The van der Waals surface area contributed by atoms with E-state index in [-0.39, 0.29) is 5.88 Å². The number of rotatable bonds is 5. The zero-order chi connectivity index (χ0) is 21.3. The van der Waals surface area contributed by atoms with Crippen LogP contribution in [-0.2, 0) is 6.61 Å². The fourth-order valence-electron chi connectivity index (χ4n) is 3.54. The molecule has 0 unspecified atom stereocenters. The molecule has 0 spiro atoms. The van der Waals surface area contributed by atoms with Crippen LogP contribution in [0.1, 0.15) is 28.3 Å². The number of halogens is 1. The van der Waals surface area contributed by atoms with E-state index in [0.29, 0.717) is 23.8 Å². The Morgan fingerprint density at radius 3 is 2.87 bits per heavy atom. The van der Waals surface area contributed by atoms with Crippen molar-refractivity contribution >= 4 is 15.9 Å². The monoisotopic (exact) mass is 466 g/mol. The van der Waals surface area contributed by atoms with Crippen LogP contribution >= 0.6 is 15.9 Å². The van der Waals surface area contributed by atoms with Gasteiger partial charge in [-0.2, -0.15) is 5.26 Å². The van der Waals surface area contributed by atoms with Gasteiger partial charge in [0.2, 0.25) is 11.8 Å². The second kappa shape index (κ2) is 8.13. The van der Waals surface area contributed by atoms with Gasteiger partial charge in [0.05, 0.1) is 13.0 Å². The number of methoxy groups -OCH3 is 1. The van der Waals surface area contributed by atoms with Crippen LogP contribution in [0.3, 0.4) is 0 Å². The number of H-pyrrole nitrogens is 1. The van der Waals surface area contributed by atoms with Crippen molar-refractivity contribution < 1.29 is 14.2 Å². The molecule has 2 heterocycles. The summed E-state index contributed by atoms with van der Waals surface area (Å²) in [7, 11) is 1.61. The molecule has 0 fully saturated rings. The average Bonchev–Trinajstić information content (AvgIpc) is 3.11. The highest BCUT2D eigenvalue weighted by Crippen LogP contribution is 2.43. The lowest BCUT2D eigenvalue weighted by Crippen LogP contribution is -2.21. The number of benzene rings is 2. The zero-order valence-corrected chi connectivity index (χ0v) is 18.0. The Labute approximate surface area is 182 Å². The van der Waals surface area contributed by atoms with Crippen molar-refractivity contribution in [3.63, 3.8) is 0 Å². The Morgan fingerprint density at radius 2 is 2.13 bits per heavy atom. The van der Waals surface area contributed by atoms with E-state index in [4.69, 9.17) is 19.9 Å². The second-order valence-corrected chi connectivity index (χ2v) is 7.73. The molecule has 0 amide bonds. The first-order valence-corrected chi connectivity index (χ1v) is 9.98. The SMILES string of the molecule is COc1ccc([C@H]2C(C#N)=C(N)Oc3n[nH]c(C)c32)cc1COc1cccc(Br)c1. The molecular formula is C22H19BrN4O3. The summed E-state index contributed by atoms with van der Waals surface area (Å²) in [6.07, 6.45) is 0. The van der Waals surface area contributed by atoms with Crippen LogP contribution in [0, 0.1) is 18.3 Å². The fourth-order valence-corrected chi connectivity index (χ4v) is 3.92. The molecular weight excluding hydrogens is 448 g/mol. The largest absolute Gasteiger partial charge is 0.496 e. The highest BCUT2D eigenvalue weighted by Gasteiger charge is 2.34. The van der Waals surface area contributed by atoms with E-state index in [2.05, 4.69) is 32.2 Å². The van der Waals surface area contributed by atoms with Gasteiger partial charge in [-0.15, -0.1) is 5.10 Å². The van der Waals surface area contributed by atoms with Crippen LogP contribution in [0.5, 0.6) is 17.4 Å². The molecule has 30 heavy (non-hydrogen) atoms. The van der Waals surface area contributed by atoms with Crippen LogP contribution in [0.15, 0.2) is 58.4 Å². The minimum absolute atomic E-state index is 0.0595. The summed E-state index contributed by atoms with van der Waals surface area (Å²) in [6, 6.07) is 15.6. The van der Waals surface area contributed by atoms with Crippen molar-refractivity contribution in [1.82, 2.24) is 10.2 Å². The lowest BCUT2D eigenvalue weighted by atomic mass is 9.83. The normalized spacial score (nSPS) is 15.2. The van der Waals surface area contributed by atoms with Gasteiger partial charge in [0, 0.05) is 21.3 Å². The molecule has 1 aliphatic rings. The summed E-state index contributed by atoms with van der Waals surface area (Å²) in [5.74, 6) is 1.48. The molecule has 0 aliphatic carbocycles. The Balaban J connectivity index is 1.74. The summed E-state index contributed by atoms with van der Waals surface area (Å²) >= 11 is 3.45. The maximum atomic E-state index is 9.74. The van der Waals surface area contributed by atoms with Crippen LogP contribution < -0.4 is 19.9 Å². The van der Waals surface area contributed by atoms with Crippen molar-refractivity contribution in [1.29, 1.82) is 5.26 Å². The topological polar surface area (TPSA) is 106 Å². The smallest absolute Gasteiger partial charge is 0.244 e. The number of fused-ring (bicyclic) bond motifs is 1. The number of aromatic amines is 1. The molecule has 152 valence electrons. The molecule has 4 rings (SSSR count). The van der Waals surface area contributed by atoms with Crippen LogP contribution in [0.2, 0.25) is 0 Å². The molecule has 3 aromatic rings. The van der Waals surface area contributed by atoms with Gasteiger partial charge in [-0.25, -0.2) is 0 Å². The van der Waals surface area contributed by atoms with Crippen LogP contribution in [0.4, 0.5) is 0 Å². The third-order valence-electron chi connectivity index (χ3n) is 4.96. The highest BCUT2D eigenvalue weighted by molar-refractivity contribution is 9.10. The number of nitrogens with zero attached hydrogens (tertiary/aromatic N) is 2. The van der Waals surface area contributed by atoms with Crippen LogP contribution in [0.25, 0.3) is 0 Å². The highest BCUT2D eigenvalue weighted by atomic mass is 79.9. The van der Waals surface area contributed by atoms with Gasteiger partial charge < -0.3 is 19.9 Å². The number of nitrogens with one attached hydrogen (secondary N) is 1. The third-order valence-corrected chi connectivity index (χ3v) is 5.45. The van der Waals surface area contributed by atoms with Crippen molar-refractivity contribution in [2.45, 2.75) is 19.4 Å². The standard InChI is InChI=1S/C22H19BrN4O3/c1-12-19-20(17(10-24)21(25)30-22(19)27-26-12)13-6-7-18(28-2)14(8-13)11-29-16-5-3-4-15(23)9-16/h3-9,20H,11,25H2,1-2H3,(H,26,27)/t20-/m0/s1. The van der Waals surface area contributed by atoms with E-state index < -0.39 is 5.92 Å². The predicted octanol–water partition coefficient (Wildman–Crippen LogP) is 4.29.